The van der Waals surface area contributed by atoms with E-state index in [9.17, 15) is 4.79 Å². The molecule has 3 nitrogen and oxygen atoms in total. The lowest BCUT2D eigenvalue weighted by Gasteiger charge is -2.23. The summed E-state index contributed by atoms with van der Waals surface area (Å²) < 4.78 is 0.809. The summed E-state index contributed by atoms with van der Waals surface area (Å²) in [5.41, 5.74) is 7.19. The minimum Gasteiger partial charge on any atom is -0.320 e. The molecule has 1 atom stereocenters. The molecule has 2 aromatic carbocycles. The third-order valence-corrected chi connectivity index (χ3v) is 6.98. The smallest absolute Gasteiger partial charge is 0.266 e. The lowest BCUT2D eigenvalue weighted by atomic mass is 9.88. The van der Waals surface area contributed by atoms with Crippen LogP contribution in [-0.4, -0.2) is 18.1 Å². The molecule has 142 valence electrons. The van der Waals surface area contributed by atoms with Crippen LogP contribution in [0.5, 0.6) is 0 Å². The van der Waals surface area contributed by atoms with E-state index in [0.29, 0.717) is 5.92 Å². The van der Waals surface area contributed by atoms with Gasteiger partial charge in [-0.3, -0.25) is 4.79 Å². The zero-order valence-electron chi connectivity index (χ0n) is 16.3. The predicted octanol–water partition coefficient (Wildman–Crippen LogP) is 5.49. The standard InChI is InChI=1S/C24H24N2OS/c1-14-12-15(2)22-21(19-9-11-28-23(19)24(27)26-22)20(14)17-7-5-16(6-8-17)18-4-3-10-25-13-18/h5-9,11-12,18,25H,3-4,10,13H2,1-2H3,(H,26,27). The van der Waals surface area contributed by atoms with E-state index in [1.165, 1.54) is 51.8 Å². The maximum absolute atomic E-state index is 12.5. The van der Waals surface area contributed by atoms with Crippen molar-refractivity contribution < 1.29 is 0 Å². The average Bonchev–Trinajstić information content (AvgIpc) is 3.21. The second kappa shape index (κ2) is 6.87. The van der Waals surface area contributed by atoms with Gasteiger partial charge in [0.25, 0.3) is 5.56 Å². The first-order chi connectivity index (χ1) is 13.6. The zero-order chi connectivity index (χ0) is 19.3. The molecule has 0 bridgehead atoms. The van der Waals surface area contributed by atoms with Gasteiger partial charge >= 0.3 is 0 Å². The number of rotatable bonds is 2. The second-order valence-corrected chi connectivity index (χ2v) is 8.83. The van der Waals surface area contributed by atoms with Crippen LogP contribution in [0.1, 0.15) is 35.4 Å². The summed E-state index contributed by atoms with van der Waals surface area (Å²) in [7, 11) is 0. The molecule has 0 radical (unpaired) electrons. The third kappa shape index (κ3) is 2.79. The highest BCUT2D eigenvalue weighted by Crippen LogP contribution is 2.38. The van der Waals surface area contributed by atoms with Crippen molar-refractivity contribution in [2.45, 2.75) is 32.6 Å². The largest absolute Gasteiger partial charge is 0.320 e. The third-order valence-electron chi connectivity index (χ3n) is 6.07. The number of piperidine rings is 1. The number of hydrogen-bond acceptors (Lipinski definition) is 3. The Kier molecular flexibility index (Phi) is 4.33. The van der Waals surface area contributed by atoms with Crippen LogP contribution in [0.3, 0.4) is 0 Å². The highest BCUT2D eigenvalue weighted by atomic mass is 32.1. The minimum atomic E-state index is 0.00977. The summed E-state index contributed by atoms with van der Waals surface area (Å²) in [6.07, 6.45) is 2.51. The Balaban J connectivity index is 1.72. The number of aromatic amines is 1. The summed E-state index contributed by atoms with van der Waals surface area (Å²) in [5, 5.41) is 7.75. The van der Waals surface area contributed by atoms with Gasteiger partial charge in [-0.2, -0.15) is 0 Å². The highest BCUT2D eigenvalue weighted by molar-refractivity contribution is 7.17. The number of hydrogen-bond donors (Lipinski definition) is 2. The van der Waals surface area contributed by atoms with Crippen molar-refractivity contribution in [3.8, 4) is 11.1 Å². The normalized spacial score (nSPS) is 17.4. The molecule has 1 unspecified atom stereocenters. The quantitative estimate of drug-likeness (QED) is 0.477. The van der Waals surface area contributed by atoms with Gasteiger partial charge in [0.05, 0.1) is 5.52 Å². The van der Waals surface area contributed by atoms with E-state index in [1.807, 2.05) is 5.38 Å². The molecule has 1 saturated heterocycles. The second-order valence-electron chi connectivity index (χ2n) is 7.92. The molecule has 5 rings (SSSR count). The number of pyridine rings is 1. The Morgan fingerprint density at radius 2 is 1.89 bits per heavy atom. The minimum absolute atomic E-state index is 0.00977. The van der Waals surface area contributed by atoms with E-state index in [2.05, 4.69) is 60.5 Å². The van der Waals surface area contributed by atoms with Gasteiger partial charge in [0, 0.05) is 17.3 Å². The van der Waals surface area contributed by atoms with Crippen molar-refractivity contribution in [1.82, 2.24) is 10.3 Å². The van der Waals surface area contributed by atoms with Crippen molar-refractivity contribution in [1.29, 1.82) is 0 Å². The maximum atomic E-state index is 12.5. The summed E-state index contributed by atoms with van der Waals surface area (Å²) in [4.78, 5) is 15.6. The molecule has 2 N–H and O–H groups in total. The number of H-pyrrole nitrogens is 1. The molecule has 0 aliphatic carbocycles. The number of fused-ring (bicyclic) bond motifs is 3. The van der Waals surface area contributed by atoms with Gasteiger partial charge in [0.15, 0.2) is 0 Å². The van der Waals surface area contributed by atoms with Crippen LogP contribution in [-0.2, 0) is 0 Å². The predicted molar refractivity (Wildman–Crippen MR) is 120 cm³/mol. The topological polar surface area (TPSA) is 44.9 Å². The summed E-state index contributed by atoms with van der Waals surface area (Å²) in [5.74, 6) is 0.610. The molecule has 4 heteroatoms. The number of aromatic nitrogens is 1. The molecule has 0 saturated carbocycles. The molecular formula is C24H24N2OS. The van der Waals surface area contributed by atoms with Gasteiger partial charge in [0.2, 0.25) is 0 Å². The van der Waals surface area contributed by atoms with Crippen LogP contribution in [0, 0.1) is 13.8 Å². The van der Waals surface area contributed by atoms with E-state index in [0.717, 1.165) is 34.3 Å². The Hall–Kier alpha value is -2.43. The van der Waals surface area contributed by atoms with Crippen LogP contribution in [0.15, 0.2) is 46.6 Å². The number of thiophene rings is 1. The Labute approximate surface area is 168 Å². The van der Waals surface area contributed by atoms with E-state index in [-0.39, 0.29) is 5.56 Å². The van der Waals surface area contributed by atoms with Gasteiger partial charge < -0.3 is 10.3 Å². The van der Waals surface area contributed by atoms with Crippen LogP contribution < -0.4 is 10.9 Å². The fraction of sp³-hybridized carbons (Fsp3) is 0.292. The molecule has 1 aliphatic rings. The van der Waals surface area contributed by atoms with Crippen LogP contribution >= 0.6 is 11.3 Å². The fourth-order valence-corrected chi connectivity index (χ4v) is 5.50. The van der Waals surface area contributed by atoms with Gasteiger partial charge in [-0.1, -0.05) is 30.3 Å². The first-order valence-electron chi connectivity index (χ1n) is 9.98. The van der Waals surface area contributed by atoms with E-state index < -0.39 is 0 Å². The monoisotopic (exact) mass is 388 g/mol. The van der Waals surface area contributed by atoms with Crippen molar-refractivity contribution in [2.24, 2.45) is 0 Å². The molecule has 1 fully saturated rings. The number of benzene rings is 2. The molecule has 0 amide bonds. The highest BCUT2D eigenvalue weighted by Gasteiger charge is 2.18. The lowest BCUT2D eigenvalue weighted by molar-refractivity contribution is 0.461. The Bertz CT molecular complexity index is 1230. The molecule has 4 aromatic rings. The first kappa shape index (κ1) is 17.7. The Morgan fingerprint density at radius 1 is 1.07 bits per heavy atom. The maximum Gasteiger partial charge on any atom is 0.266 e. The molecule has 2 aromatic heterocycles. The molecule has 0 spiro atoms. The summed E-state index contributed by atoms with van der Waals surface area (Å²) in [6, 6.07) is 13.4. The summed E-state index contributed by atoms with van der Waals surface area (Å²) >= 11 is 1.51. The van der Waals surface area contributed by atoms with Gasteiger partial charge in [0.1, 0.15) is 4.70 Å². The van der Waals surface area contributed by atoms with E-state index in [1.54, 1.807) is 0 Å². The molecule has 28 heavy (non-hydrogen) atoms. The lowest BCUT2D eigenvalue weighted by Crippen LogP contribution is -2.28. The van der Waals surface area contributed by atoms with Crippen LogP contribution in [0.2, 0.25) is 0 Å². The number of nitrogens with one attached hydrogen (secondary N) is 2. The zero-order valence-corrected chi connectivity index (χ0v) is 17.1. The van der Waals surface area contributed by atoms with Crippen molar-refractivity contribution in [3.63, 3.8) is 0 Å². The van der Waals surface area contributed by atoms with Gasteiger partial charge in [-0.15, -0.1) is 11.3 Å². The fourth-order valence-electron chi connectivity index (χ4n) is 4.70. The van der Waals surface area contributed by atoms with Gasteiger partial charge in [-0.25, -0.2) is 0 Å². The first-order valence-corrected chi connectivity index (χ1v) is 10.9. The number of aryl methyl sites for hydroxylation is 2. The van der Waals surface area contributed by atoms with Crippen LogP contribution in [0.25, 0.3) is 32.1 Å². The molecular weight excluding hydrogens is 364 g/mol. The molecule has 1 aliphatic heterocycles. The van der Waals surface area contributed by atoms with Crippen molar-refractivity contribution >= 4 is 32.3 Å². The Morgan fingerprint density at radius 3 is 2.64 bits per heavy atom. The van der Waals surface area contributed by atoms with Crippen molar-refractivity contribution in [3.05, 3.63) is 68.8 Å². The molecule has 3 heterocycles. The van der Waals surface area contributed by atoms with Crippen LogP contribution in [0.4, 0.5) is 0 Å². The van der Waals surface area contributed by atoms with E-state index >= 15 is 0 Å². The van der Waals surface area contributed by atoms with E-state index in [4.69, 9.17) is 0 Å². The SMILES string of the molecule is Cc1cc(C)c2[nH]c(=O)c3sccc3c2c1-c1ccc(C2CCCNC2)cc1. The summed E-state index contributed by atoms with van der Waals surface area (Å²) in [6.45, 7) is 6.46. The average molecular weight is 389 g/mol. The van der Waals surface area contributed by atoms with Crippen molar-refractivity contribution in [2.75, 3.05) is 13.1 Å². The van der Waals surface area contributed by atoms with Gasteiger partial charge in [-0.05, 0) is 78.4 Å².